The molecule has 0 saturated heterocycles. The fraction of sp³-hybridized carbons (Fsp3) is 0. The molecule has 0 atom stereocenters. The molecule has 2 nitrogen and oxygen atoms in total. The zero-order chi connectivity index (χ0) is 13.7. The van der Waals surface area contributed by atoms with Gasteiger partial charge in [0.2, 0.25) is 0 Å². The predicted molar refractivity (Wildman–Crippen MR) is 86.6 cm³/mol. The minimum Gasteiger partial charge on any atom is -0.450 e. The van der Waals surface area contributed by atoms with Crippen LogP contribution >= 0.6 is 22.6 Å². The fourth-order valence-corrected chi connectivity index (χ4v) is 1.94. The SMILES string of the molecule is O=C(/C=C/c1ccc(I)cc1)c1ccc([B]O)cc1. The van der Waals surface area contributed by atoms with Crippen LogP contribution in [0.2, 0.25) is 0 Å². The van der Waals surface area contributed by atoms with Gasteiger partial charge in [-0.05, 0) is 46.4 Å². The summed E-state index contributed by atoms with van der Waals surface area (Å²) in [6, 6.07) is 14.7. The lowest BCUT2D eigenvalue weighted by Gasteiger charge is -1.98. The van der Waals surface area contributed by atoms with Gasteiger partial charge < -0.3 is 5.02 Å². The molecule has 1 radical (unpaired) electrons. The molecule has 0 fully saturated rings. The largest absolute Gasteiger partial charge is 0.450 e. The molecule has 0 aromatic heterocycles. The van der Waals surface area contributed by atoms with Crippen molar-refractivity contribution in [2.24, 2.45) is 0 Å². The van der Waals surface area contributed by atoms with Gasteiger partial charge in [-0.2, -0.15) is 0 Å². The molecule has 0 heterocycles. The van der Waals surface area contributed by atoms with Crippen molar-refractivity contribution in [1.29, 1.82) is 0 Å². The number of carbonyl (C=O) groups is 1. The van der Waals surface area contributed by atoms with Crippen LogP contribution in [0.1, 0.15) is 15.9 Å². The molecule has 0 spiro atoms. The Bertz CT molecular complexity index is 589. The van der Waals surface area contributed by atoms with Gasteiger partial charge in [-0.1, -0.05) is 47.9 Å². The van der Waals surface area contributed by atoms with E-state index in [0.29, 0.717) is 11.0 Å². The van der Waals surface area contributed by atoms with Crippen molar-refractivity contribution < 1.29 is 9.82 Å². The van der Waals surface area contributed by atoms with Crippen LogP contribution in [0, 0.1) is 3.57 Å². The second-order valence-corrected chi connectivity index (χ2v) is 5.25. The summed E-state index contributed by atoms with van der Waals surface area (Å²) in [5.41, 5.74) is 2.28. The number of hydrogen-bond donors (Lipinski definition) is 1. The summed E-state index contributed by atoms with van der Waals surface area (Å²) < 4.78 is 1.16. The van der Waals surface area contributed by atoms with Crippen molar-refractivity contribution in [1.82, 2.24) is 0 Å². The van der Waals surface area contributed by atoms with E-state index in [-0.39, 0.29) is 5.78 Å². The molecule has 0 aliphatic carbocycles. The maximum atomic E-state index is 11.9. The predicted octanol–water partition coefficient (Wildman–Crippen LogP) is 2.42. The number of hydrogen-bond acceptors (Lipinski definition) is 2. The van der Waals surface area contributed by atoms with E-state index >= 15 is 0 Å². The second-order valence-electron chi connectivity index (χ2n) is 4.00. The number of carbonyl (C=O) groups excluding carboxylic acids is 1. The second kappa shape index (κ2) is 6.68. The van der Waals surface area contributed by atoms with Gasteiger partial charge in [0.15, 0.2) is 5.78 Å². The Labute approximate surface area is 126 Å². The summed E-state index contributed by atoms with van der Waals surface area (Å²) in [7, 11) is 1.01. The highest BCUT2D eigenvalue weighted by Crippen LogP contribution is 2.09. The van der Waals surface area contributed by atoms with Crippen molar-refractivity contribution in [3.05, 3.63) is 69.3 Å². The number of ketones is 1. The molecule has 2 aromatic rings. The van der Waals surface area contributed by atoms with Gasteiger partial charge in [0.25, 0.3) is 0 Å². The minimum atomic E-state index is -0.0527. The Hall–Kier alpha value is -1.40. The Morgan fingerprint density at radius 1 is 1.05 bits per heavy atom. The van der Waals surface area contributed by atoms with E-state index in [9.17, 15) is 4.79 Å². The van der Waals surface area contributed by atoms with Gasteiger partial charge in [-0.25, -0.2) is 0 Å². The van der Waals surface area contributed by atoms with E-state index in [1.165, 1.54) is 0 Å². The molecular weight excluding hydrogens is 350 g/mol. The highest BCUT2D eigenvalue weighted by atomic mass is 127. The van der Waals surface area contributed by atoms with Crippen LogP contribution in [0.25, 0.3) is 6.08 Å². The highest BCUT2D eigenvalue weighted by molar-refractivity contribution is 14.1. The van der Waals surface area contributed by atoms with Crippen LogP contribution in [-0.2, 0) is 0 Å². The summed E-state index contributed by atoms with van der Waals surface area (Å²) >= 11 is 2.24. The van der Waals surface area contributed by atoms with E-state index in [1.54, 1.807) is 36.4 Å². The summed E-state index contributed by atoms with van der Waals surface area (Å²) in [5, 5.41) is 8.82. The lowest BCUT2D eigenvalue weighted by atomic mass is 9.88. The molecule has 0 bridgehead atoms. The normalized spacial score (nSPS) is 10.6. The molecule has 2 rings (SSSR count). The molecule has 1 N–H and O–H groups in total. The molecule has 0 unspecified atom stereocenters. The summed E-state index contributed by atoms with van der Waals surface area (Å²) in [6.07, 6.45) is 3.35. The maximum absolute atomic E-state index is 11.9. The maximum Gasteiger partial charge on any atom is 0.326 e. The standard InChI is InChI=1S/C15H11BIO2/c17-14-8-1-11(2-9-14)3-10-15(18)12-4-6-13(16-19)7-5-12/h1-10,19H/b10-3+. The Morgan fingerprint density at radius 3 is 2.26 bits per heavy atom. The molecule has 0 saturated carbocycles. The van der Waals surface area contributed by atoms with Gasteiger partial charge in [-0.3, -0.25) is 4.79 Å². The number of halogens is 1. The number of rotatable bonds is 4. The Kier molecular flexibility index (Phi) is 4.93. The molecule has 0 aliphatic heterocycles. The zero-order valence-electron chi connectivity index (χ0n) is 10.1. The lowest BCUT2D eigenvalue weighted by molar-refractivity contribution is 0.104. The first-order valence-electron chi connectivity index (χ1n) is 5.74. The number of benzene rings is 2. The van der Waals surface area contributed by atoms with E-state index in [1.807, 2.05) is 24.3 Å². The number of allylic oxidation sites excluding steroid dienone is 1. The van der Waals surface area contributed by atoms with E-state index in [2.05, 4.69) is 22.6 Å². The van der Waals surface area contributed by atoms with Crippen molar-refractivity contribution in [3.63, 3.8) is 0 Å². The smallest absolute Gasteiger partial charge is 0.326 e. The highest BCUT2D eigenvalue weighted by Gasteiger charge is 2.01. The van der Waals surface area contributed by atoms with Crippen LogP contribution in [0.3, 0.4) is 0 Å². The average molecular weight is 361 g/mol. The van der Waals surface area contributed by atoms with Crippen molar-refractivity contribution in [3.8, 4) is 0 Å². The molecule has 0 aliphatic rings. The molecular formula is C15H11BIO2. The van der Waals surface area contributed by atoms with Crippen LogP contribution in [0.5, 0.6) is 0 Å². The van der Waals surface area contributed by atoms with E-state index < -0.39 is 0 Å². The molecule has 93 valence electrons. The minimum absolute atomic E-state index is 0.0527. The van der Waals surface area contributed by atoms with Gasteiger partial charge in [0.05, 0.1) is 0 Å². The van der Waals surface area contributed by atoms with Gasteiger partial charge >= 0.3 is 7.48 Å². The fourth-order valence-electron chi connectivity index (χ4n) is 1.58. The van der Waals surface area contributed by atoms with E-state index in [4.69, 9.17) is 5.02 Å². The van der Waals surface area contributed by atoms with Crippen molar-refractivity contribution in [2.75, 3.05) is 0 Å². The summed E-state index contributed by atoms with van der Waals surface area (Å²) in [5.74, 6) is -0.0527. The van der Waals surface area contributed by atoms with Crippen molar-refractivity contribution in [2.45, 2.75) is 0 Å². The average Bonchev–Trinajstić information content (AvgIpc) is 2.46. The molecule has 4 heteroatoms. The van der Waals surface area contributed by atoms with E-state index in [0.717, 1.165) is 16.6 Å². The summed E-state index contributed by atoms with van der Waals surface area (Å²) in [4.78, 5) is 11.9. The molecule has 2 aromatic carbocycles. The topological polar surface area (TPSA) is 37.3 Å². The molecule has 0 amide bonds. The van der Waals surface area contributed by atoms with Crippen LogP contribution in [0.15, 0.2) is 54.6 Å². The third-order valence-corrected chi connectivity index (χ3v) is 3.36. The third kappa shape index (κ3) is 4.04. The Morgan fingerprint density at radius 2 is 1.68 bits per heavy atom. The first-order chi connectivity index (χ1) is 9.19. The monoisotopic (exact) mass is 361 g/mol. The van der Waals surface area contributed by atoms with Gasteiger partial charge in [-0.15, -0.1) is 0 Å². The first-order valence-corrected chi connectivity index (χ1v) is 6.82. The Balaban J connectivity index is 2.09. The molecule has 19 heavy (non-hydrogen) atoms. The van der Waals surface area contributed by atoms with Crippen LogP contribution in [-0.4, -0.2) is 18.3 Å². The van der Waals surface area contributed by atoms with Crippen molar-refractivity contribution >= 4 is 47.4 Å². The quantitative estimate of drug-likeness (QED) is 0.393. The van der Waals surface area contributed by atoms with Crippen LogP contribution in [0.4, 0.5) is 0 Å². The van der Waals surface area contributed by atoms with Gasteiger partial charge in [0, 0.05) is 9.13 Å². The van der Waals surface area contributed by atoms with Crippen LogP contribution < -0.4 is 5.46 Å². The zero-order valence-corrected chi connectivity index (χ0v) is 12.2. The van der Waals surface area contributed by atoms with Gasteiger partial charge in [0.1, 0.15) is 0 Å². The lowest BCUT2D eigenvalue weighted by Crippen LogP contribution is -2.13. The third-order valence-electron chi connectivity index (χ3n) is 2.64. The summed E-state index contributed by atoms with van der Waals surface area (Å²) in [6.45, 7) is 0. The first kappa shape index (κ1) is 14.0.